The lowest BCUT2D eigenvalue weighted by Crippen LogP contribution is -2.23. The van der Waals surface area contributed by atoms with Crippen LogP contribution in [-0.2, 0) is 11.3 Å². The molecule has 1 atom stereocenters. The Kier molecular flexibility index (Phi) is 7.41. The first kappa shape index (κ1) is 24.5. The lowest BCUT2D eigenvalue weighted by Gasteiger charge is -2.10. The van der Waals surface area contributed by atoms with Crippen molar-refractivity contribution in [3.8, 4) is 17.0 Å². The molecule has 9 heteroatoms. The number of para-hydroxylation sites is 1. The first-order valence-electron chi connectivity index (χ1n) is 12.3. The molecule has 2 aromatic heterocycles. The van der Waals surface area contributed by atoms with E-state index in [2.05, 4.69) is 32.8 Å². The molecule has 2 heterocycles. The van der Waals surface area contributed by atoms with E-state index >= 15 is 0 Å². The Balaban J connectivity index is 1.41. The zero-order chi connectivity index (χ0) is 25.6. The van der Waals surface area contributed by atoms with E-state index in [9.17, 15) is 4.79 Å². The molecule has 1 amide bonds. The number of aromatic nitrogens is 4. The molecule has 0 spiro atoms. The van der Waals surface area contributed by atoms with E-state index in [1.807, 2.05) is 41.1 Å². The highest BCUT2D eigenvalue weighted by atomic mass is 16.5. The van der Waals surface area contributed by atoms with Gasteiger partial charge in [-0.3, -0.25) is 4.79 Å². The molecule has 4 aromatic rings. The Bertz CT molecular complexity index is 1410. The molecule has 2 aromatic carbocycles. The minimum Gasteiger partial charge on any atom is -0.496 e. The van der Waals surface area contributed by atoms with Crippen molar-refractivity contribution in [2.75, 3.05) is 32.7 Å². The number of rotatable bonds is 10. The highest BCUT2D eigenvalue weighted by Crippen LogP contribution is 2.35. The van der Waals surface area contributed by atoms with Crippen LogP contribution in [0.15, 0.2) is 67.0 Å². The number of carbonyl (C=O) groups is 1. The predicted octanol–water partition coefficient (Wildman–Crippen LogP) is 4.38. The number of hydrogen-bond donors (Lipinski definition) is 2. The molecule has 0 radical (unpaired) electrons. The third kappa shape index (κ3) is 5.17. The van der Waals surface area contributed by atoms with Gasteiger partial charge in [-0.1, -0.05) is 48.6 Å². The fraction of sp³-hybridized carbons (Fsp3) is 0.286. The number of benzene rings is 2. The van der Waals surface area contributed by atoms with Gasteiger partial charge in [0, 0.05) is 25.8 Å². The number of anilines is 1. The van der Waals surface area contributed by atoms with Gasteiger partial charge in [-0.25, -0.2) is 14.6 Å². The first-order valence-corrected chi connectivity index (χ1v) is 12.3. The number of ether oxygens (including phenoxy) is 2. The Hall–Kier alpha value is -4.24. The number of methoxy groups -OCH3 is 2. The van der Waals surface area contributed by atoms with Gasteiger partial charge in [0.25, 0.3) is 5.91 Å². The number of carbonyl (C=O) groups excluding carboxylic acids is 1. The van der Waals surface area contributed by atoms with Crippen molar-refractivity contribution in [1.82, 2.24) is 25.1 Å². The quantitative estimate of drug-likeness (QED) is 0.247. The van der Waals surface area contributed by atoms with Crippen molar-refractivity contribution >= 4 is 22.8 Å². The van der Waals surface area contributed by atoms with Crippen LogP contribution in [0.2, 0.25) is 0 Å². The summed E-state index contributed by atoms with van der Waals surface area (Å²) in [5.41, 5.74) is 4.06. The van der Waals surface area contributed by atoms with Gasteiger partial charge in [0.2, 0.25) is 0 Å². The normalized spacial score (nSPS) is 14.7. The number of fused-ring (bicyclic) bond motifs is 1. The molecule has 1 aliphatic rings. The van der Waals surface area contributed by atoms with Crippen molar-refractivity contribution in [1.29, 1.82) is 0 Å². The van der Waals surface area contributed by atoms with Gasteiger partial charge < -0.3 is 20.1 Å². The zero-order valence-electron chi connectivity index (χ0n) is 21.0. The molecule has 0 saturated carbocycles. The predicted molar refractivity (Wildman–Crippen MR) is 143 cm³/mol. The van der Waals surface area contributed by atoms with Crippen molar-refractivity contribution in [2.24, 2.45) is 0 Å². The SMILES string of the molecule is COCCNc1ncnc2c1c(-c1ccc(CNC(=O)c3ccccc3OC)cc1)nn2C1C=CCC1. The fourth-order valence-electron chi connectivity index (χ4n) is 4.52. The average Bonchev–Trinajstić information content (AvgIpc) is 3.61. The van der Waals surface area contributed by atoms with Crippen LogP contribution in [-0.4, -0.2) is 53.0 Å². The fourth-order valence-corrected chi connectivity index (χ4v) is 4.52. The molecular weight excluding hydrogens is 468 g/mol. The van der Waals surface area contributed by atoms with E-state index in [0.717, 1.165) is 46.5 Å². The molecular formula is C28H30N6O3. The molecule has 37 heavy (non-hydrogen) atoms. The molecule has 0 saturated heterocycles. The summed E-state index contributed by atoms with van der Waals surface area (Å²) in [6.07, 6.45) is 7.97. The Morgan fingerprint density at radius 1 is 1.11 bits per heavy atom. The van der Waals surface area contributed by atoms with E-state index in [4.69, 9.17) is 14.6 Å². The van der Waals surface area contributed by atoms with Crippen LogP contribution < -0.4 is 15.4 Å². The van der Waals surface area contributed by atoms with Crippen molar-refractivity contribution in [2.45, 2.75) is 25.4 Å². The van der Waals surface area contributed by atoms with Crippen molar-refractivity contribution < 1.29 is 14.3 Å². The maximum Gasteiger partial charge on any atom is 0.255 e. The molecule has 2 N–H and O–H groups in total. The van der Waals surface area contributed by atoms with Gasteiger partial charge in [-0.05, 0) is 30.5 Å². The summed E-state index contributed by atoms with van der Waals surface area (Å²) >= 11 is 0. The summed E-state index contributed by atoms with van der Waals surface area (Å²) in [6, 6.07) is 15.4. The number of hydrogen-bond acceptors (Lipinski definition) is 7. The van der Waals surface area contributed by atoms with E-state index in [1.165, 1.54) is 0 Å². The van der Waals surface area contributed by atoms with Crippen LogP contribution in [0.4, 0.5) is 5.82 Å². The minimum atomic E-state index is -0.181. The highest BCUT2D eigenvalue weighted by molar-refractivity contribution is 5.99. The Labute approximate surface area is 215 Å². The van der Waals surface area contributed by atoms with E-state index in [1.54, 1.807) is 32.7 Å². The summed E-state index contributed by atoms with van der Waals surface area (Å²) in [6.45, 7) is 1.59. The van der Waals surface area contributed by atoms with Gasteiger partial charge in [0.1, 0.15) is 23.6 Å². The van der Waals surface area contributed by atoms with Gasteiger partial charge >= 0.3 is 0 Å². The number of allylic oxidation sites excluding steroid dienone is 2. The lowest BCUT2D eigenvalue weighted by molar-refractivity contribution is 0.0948. The summed E-state index contributed by atoms with van der Waals surface area (Å²) in [5.74, 6) is 1.10. The molecule has 0 aliphatic heterocycles. The van der Waals surface area contributed by atoms with Gasteiger partial charge in [-0.2, -0.15) is 5.10 Å². The third-order valence-electron chi connectivity index (χ3n) is 6.42. The summed E-state index contributed by atoms with van der Waals surface area (Å²) < 4.78 is 12.5. The molecule has 0 bridgehead atoms. The monoisotopic (exact) mass is 498 g/mol. The van der Waals surface area contributed by atoms with Crippen molar-refractivity contribution in [3.63, 3.8) is 0 Å². The van der Waals surface area contributed by atoms with Crippen molar-refractivity contribution in [3.05, 3.63) is 78.1 Å². The molecule has 5 rings (SSSR count). The first-order chi connectivity index (χ1) is 18.2. The topological polar surface area (TPSA) is 103 Å². The largest absolute Gasteiger partial charge is 0.496 e. The lowest BCUT2D eigenvalue weighted by atomic mass is 10.1. The van der Waals surface area contributed by atoms with Crippen LogP contribution in [0.1, 0.15) is 34.8 Å². The number of amides is 1. The number of nitrogens with zero attached hydrogens (tertiary/aromatic N) is 4. The smallest absolute Gasteiger partial charge is 0.255 e. The van der Waals surface area contributed by atoms with Gasteiger partial charge in [-0.15, -0.1) is 0 Å². The molecule has 9 nitrogen and oxygen atoms in total. The molecule has 1 aliphatic carbocycles. The second-order valence-corrected chi connectivity index (χ2v) is 8.79. The van der Waals surface area contributed by atoms with Gasteiger partial charge in [0.05, 0.1) is 30.7 Å². The Morgan fingerprint density at radius 3 is 2.70 bits per heavy atom. The second-order valence-electron chi connectivity index (χ2n) is 8.79. The highest BCUT2D eigenvalue weighted by Gasteiger charge is 2.23. The standard InChI is InChI=1S/C28H30N6O3/c1-36-16-15-29-26-24-25(33-34(21-7-3-4-8-21)27(24)32-18-31-26)20-13-11-19(12-14-20)17-30-28(35)22-9-5-6-10-23(22)37-2/h3,5-7,9-14,18,21H,4,8,15-17H2,1-2H3,(H,30,35)(H,29,31,32). The van der Waals surface area contributed by atoms with E-state index in [0.29, 0.717) is 31.0 Å². The molecule has 0 fully saturated rings. The van der Waals surface area contributed by atoms with E-state index < -0.39 is 0 Å². The maximum absolute atomic E-state index is 12.7. The van der Waals surface area contributed by atoms with Crippen LogP contribution in [0.5, 0.6) is 5.75 Å². The maximum atomic E-state index is 12.7. The van der Waals surface area contributed by atoms with Crippen LogP contribution in [0, 0.1) is 0 Å². The average molecular weight is 499 g/mol. The van der Waals surface area contributed by atoms with Crippen LogP contribution in [0.3, 0.4) is 0 Å². The van der Waals surface area contributed by atoms with Gasteiger partial charge in [0.15, 0.2) is 5.65 Å². The summed E-state index contributed by atoms with van der Waals surface area (Å²) in [4.78, 5) is 21.8. The zero-order valence-corrected chi connectivity index (χ0v) is 21.0. The van der Waals surface area contributed by atoms with Crippen LogP contribution in [0.25, 0.3) is 22.3 Å². The number of nitrogens with one attached hydrogen (secondary N) is 2. The summed E-state index contributed by atoms with van der Waals surface area (Å²) in [5, 5.41) is 12.2. The minimum absolute atomic E-state index is 0.169. The molecule has 1 unspecified atom stereocenters. The summed E-state index contributed by atoms with van der Waals surface area (Å²) in [7, 11) is 3.23. The van der Waals surface area contributed by atoms with E-state index in [-0.39, 0.29) is 11.9 Å². The third-order valence-corrected chi connectivity index (χ3v) is 6.42. The second kappa shape index (κ2) is 11.2. The van der Waals surface area contributed by atoms with Crippen LogP contribution >= 0.6 is 0 Å². The molecule has 190 valence electrons. The Morgan fingerprint density at radius 2 is 1.95 bits per heavy atom.